The summed E-state index contributed by atoms with van der Waals surface area (Å²) in [5, 5.41) is 18.0. The van der Waals surface area contributed by atoms with Gasteiger partial charge in [-0.3, -0.25) is 4.79 Å². The van der Waals surface area contributed by atoms with Crippen molar-refractivity contribution in [1.82, 2.24) is 0 Å². The van der Waals surface area contributed by atoms with Gasteiger partial charge in [-0.1, -0.05) is 34.7 Å². The maximum absolute atomic E-state index is 11.0. The number of ether oxygens (including phenoxy) is 2. The summed E-state index contributed by atoms with van der Waals surface area (Å²) in [5.74, 6) is 0.264. The summed E-state index contributed by atoms with van der Waals surface area (Å²) >= 11 is 2.12. The fraction of sp³-hybridized carbons (Fsp3) is 0.333. The van der Waals surface area contributed by atoms with E-state index in [0.29, 0.717) is 12.2 Å². The number of rotatable bonds is 6. The van der Waals surface area contributed by atoms with E-state index in [2.05, 4.69) is 28.7 Å². The van der Waals surface area contributed by atoms with Crippen molar-refractivity contribution in [2.24, 2.45) is 5.92 Å². The minimum Gasteiger partial charge on any atom is -0.493 e. The normalized spacial score (nSPS) is 25.1. The molecular weight excluding hydrogens is 421 g/mol. The predicted octanol–water partition coefficient (Wildman–Crippen LogP) is 3.54. The van der Waals surface area contributed by atoms with E-state index in [0.717, 1.165) is 29.9 Å². The van der Waals surface area contributed by atoms with Crippen LogP contribution < -0.4 is 0 Å². The predicted molar refractivity (Wildman–Crippen MR) is 95.2 cm³/mol. The van der Waals surface area contributed by atoms with E-state index in [9.17, 15) is 4.79 Å². The molecule has 0 radical (unpaired) electrons. The monoisotopic (exact) mass is 437 g/mol. The van der Waals surface area contributed by atoms with E-state index in [1.807, 2.05) is 24.3 Å². The summed E-state index contributed by atoms with van der Waals surface area (Å²) in [5.41, 5.74) is 1.53. The SMILES string of the molecule is N#Cc1cccc(COC2=CCCC(O[C@@H]3[C@H](I)[C@H]3C(=O)O)=C2)c1. The molecule has 5 nitrogen and oxygen atoms in total. The van der Waals surface area contributed by atoms with Crippen LogP contribution in [0.4, 0.5) is 0 Å². The second-order valence-corrected chi connectivity index (χ2v) is 7.19. The van der Waals surface area contributed by atoms with Crippen LogP contribution in [0.2, 0.25) is 0 Å². The average molecular weight is 437 g/mol. The molecule has 1 aromatic rings. The summed E-state index contributed by atoms with van der Waals surface area (Å²) in [6, 6.07) is 9.40. The molecule has 124 valence electrons. The van der Waals surface area contributed by atoms with Gasteiger partial charge >= 0.3 is 5.97 Å². The summed E-state index contributed by atoms with van der Waals surface area (Å²) in [4.78, 5) is 11.0. The molecule has 1 N–H and O–H groups in total. The number of hydrogen-bond acceptors (Lipinski definition) is 4. The van der Waals surface area contributed by atoms with Crippen LogP contribution in [-0.4, -0.2) is 21.1 Å². The largest absolute Gasteiger partial charge is 0.493 e. The molecule has 1 fully saturated rings. The molecule has 0 aromatic heterocycles. The smallest absolute Gasteiger partial charge is 0.311 e. The van der Waals surface area contributed by atoms with Crippen molar-refractivity contribution in [2.45, 2.75) is 29.5 Å². The van der Waals surface area contributed by atoms with Crippen LogP contribution in [-0.2, 0) is 20.9 Å². The van der Waals surface area contributed by atoms with Gasteiger partial charge in [-0.05, 0) is 30.2 Å². The van der Waals surface area contributed by atoms with Gasteiger partial charge in [0.05, 0.1) is 15.6 Å². The number of allylic oxidation sites excluding steroid dienone is 3. The zero-order valence-corrected chi connectivity index (χ0v) is 15.0. The first-order chi connectivity index (χ1) is 11.6. The fourth-order valence-corrected chi connectivity index (χ4v) is 3.65. The highest BCUT2D eigenvalue weighted by atomic mass is 127. The molecule has 2 aliphatic rings. The number of benzene rings is 1. The minimum atomic E-state index is -0.805. The molecular formula is C18H16INO4. The molecule has 0 spiro atoms. The Morgan fingerprint density at radius 2 is 2.29 bits per heavy atom. The molecule has 2 aliphatic carbocycles. The Bertz CT molecular complexity index is 750. The molecule has 0 amide bonds. The Morgan fingerprint density at radius 1 is 1.46 bits per heavy atom. The van der Waals surface area contributed by atoms with Gasteiger partial charge in [0.2, 0.25) is 0 Å². The molecule has 3 rings (SSSR count). The van der Waals surface area contributed by atoms with Crippen LogP contribution in [0.5, 0.6) is 0 Å². The van der Waals surface area contributed by atoms with Gasteiger partial charge in [-0.2, -0.15) is 5.26 Å². The summed E-state index contributed by atoms with van der Waals surface area (Å²) in [6.07, 6.45) is 5.13. The maximum atomic E-state index is 11.0. The lowest BCUT2D eigenvalue weighted by atomic mass is 10.1. The van der Waals surface area contributed by atoms with Crippen molar-refractivity contribution in [2.75, 3.05) is 0 Å². The van der Waals surface area contributed by atoms with Crippen LogP contribution in [0.3, 0.4) is 0 Å². The van der Waals surface area contributed by atoms with Gasteiger partial charge in [0.1, 0.15) is 30.1 Å². The van der Waals surface area contributed by atoms with E-state index in [-0.39, 0.29) is 10.0 Å². The highest BCUT2D eigenvalue weighted by Gasteiger charge is 2.56. The third kappa shape index (κ3) is 3.90. The first-order valence-corrected chi connectivity index (χ1v) is 8.89. The van der Waals surface area contributed by atoms with Crippen LogP contribution in [0.1, 0.15) is 24.0 Å². The number of carboxylic acids is 1. The van der Waals surface area contributed by atoms with Gasteiger partial charge in [0.15, 0.2) is 0 Å². The van der Waals surface area contributed by atoms with Crippen LogP contribution in [0, 0.1) is 17.2 Å². The van der Waals surface area contributed by atoms with Crippen molar-refractivity contribution < 1.29 is 19.4 Å². The number of carbonyl (C=O) groups is 1. The Labute approximate surface area is 153 Å². The van der Waals surface area contributed by atoms with Crippen molar-refractivity contribution in [3.63, 3.8) is 0 Å². The Kier molecular flexibility index (Phi) is 5.09. The second kappa shape index (κ2) is 7.26. The number of alkyl halides is 1. The van der Waals surface area contributed by atoms with Crippen molar-refractivity contribution in [3.8, 4) is 6.07 Å². The van der Waals surface area contributed by atoms with Crippen LogP contribution >= 0.6 is 22.6 Å². The van der Waals surface area contributed by atoms with Gasteiger partial charge in [0, 0.05) is 12.5 Å². The van der Waals surface area contributed by atoms with Crippen molar-refractivity contribution in [1.29, 1.82) is 5.26 Å². The molecule has 24 heavy (non-hydrogen) atoms. The van der Waals surface area contributed by atoms with Gasteiger partial charge < -0.3 is 14.6 Å². The third-order valence-corrected chi connectivity index (χ3v) is 5.43. The first-order valence-electron chi connectivity index (χ1n) is 7.64. The first kappa shape index (κ1) is 16.8. The number of hydrogen-bond donors (Lipinski definition) is 1. The Balaban J connectivity index is 1.57. The molecule has 6 heteroatoms. The third-order valence-electron chi connectivity index (χ3n) is 3.94. The minimum absolute atomic E-state index is 0.0185. The molecule has 1 saturated carbocycles. The quantitative estimate of drug-likeness (QED) is 0.544. The molecule has 0 aliphatic heterocycles. The van der Waals surface area contributed by atoms with E-state index in [4.69, 9.17) is 19.8 Å². The highest BCUT2D eigenvalue weighted by molar-refractivity contribution is 14.1. The Hall–Kier alpha value is -2.01. The average Bonchev–Trinajstić information content (AvgIpc) is 3.23. The van der Waals surface area contributed by atoms with Crippen LogP contribution in [0.15, 0.2) is 47.9 Å². The van der Waals surface area contributed by atoms with Gasteiger partial charge in [0.25, 0.3) is 0 Å². The number of carboxylic acid groups (broad SMARTS) is 1. The second-order valence-electron chi connectivity index (χ2n) is 5.75. The maximum Gasteiger partial charge on any atom is 0.311 e. The zero-order valence-electron chi connectivity index (χ0n) is 12.8. The number of halogens is 1. The van der Waals surface area contributed by atoms with E-state index in [1.54, 1.807) is 12.1 Å². The zero-order chi connectivity index (χ0) is 17.1. The molecule has 0 unspecified atom stereocenters. The molecule has 0 bridgehead atoms. The number of nitriles is 1. The molecule has 1 aromatic carbocycles. The Morgan fingerprint density at radius 3 is 3.00 bits per heavy atom. The van der Waals surface area contributed by atoms with Crippen molar-refractivity contribution in [3.05, 3.63) is 59.1 Å². The highest BCUT2D eigenvalue weighted by Crippen LogP contribution is 2.43. The summed E-state index contributed by atoms with van der Waals surface area (Å²) in [6.45, 7) is 0.376. The lowest BCUT2D eigenvalue weighted by Gasteiger charge is -2.16. The van der Waals surface area contributed by atoms with E-state index >= 15 is 0 Å². The van der Waals surface area contributed by atoms with E-state index < -0.39 is 11.9 Å². The lowest BCUT2D eigenvalue weighted by Crippen LogP contribution is -2.07. The standard InChI is InChI=1S/C18H16INO4/c19-16-15(18(21)22)17(16)24-14-6-2-5-13(8-14)23-10-12-4-1-3-11(7-12)9-20/h1,3-5,7-8,15-17H,2,6,10H2,(H,21,22)/t15-,16-,17+/m1/s1. The number of aliphatic carboxylic acids is 1. The van der Waals surface area contributed by atoms with Gasteiger partial charge in [-0.25, -0.2) is 0 Å². The summed E-state index contributed by atoms with van der Waals surface area (Å²) in [7, 11) is 0. The molecule has 0 heterocycles. The fourth-order valence-electron chi connectivity index (χ4n) is 2.58. The molecule has 3 atom stereocenters. The topological polar surface area (TPSA) is 79.5 Å². The van der Waals surface area contributed by atoms with Gasteiger partial charge in [-0.15, -0.1) is 0 Å². The number of nitrogens with zero attached hydrogens (tertiary/aromatic N) is 1. The van der Waals surface area contributed by atoms with E-state index in [1.165, 1.54) is 0 Å². The van der Waals surface area contributed by atoms with Crippen molar-refractivity contribution >= 4 is 28.6 Å². The lowest BCUT2D eigenvalue weighted by molar-refractivity contribution is -0.139. The molecule has 0 saturated heterocycles. The summed E-state index contributed by atoms with van der Waals surface area (Å²) < 4.78 is 11.6. The van der Waals surface area contributed by atoms with Crippen LogP contribution in [0.25, 0.3) is 0 Å².